The summed E-state index contributed by atoms with van der Waals surface area (Å²) in [5, 5.41) is 22.3. The summed E-state index contributed by atoms with van der Waals surface area (Å²) in [4.78, 5) is 44.2. The molecule has 112 valence electrons. The molecule has 0 aromatic heterocycles. The smallest absolute Gasteiger partial charge is 0.335 e. The van der Waals surface area contributed by atoms with E-state index < -0.39 is 23.8 Å². The Balaban J connectivity index is 2.87. The molecule has 0 heterocycles. The molecule has 0 aliphatic carbocycles. The van der Waals surface area contributed by atoms with Gasteiger partial charge in [-0.05, 0) is 18.2 Å². The van der Waals surface area contributed by atoms with Crippen molar-refractivity contribution in [2.45, 2.75) is 0 Å². The average Bonchev–Trinajstić information content (AvgIpc) is 2.44. The second-order valence-corrected chi connectivity index (χ2v) is 3.94. The van der Waals surface area contributed by atoms with Gasteiger partial charge in [0.2, 0.25) is 11.8 Å². The largest absolute Gasteiger partial charge is 0.478 e. The number of anilines is 1. The van der Waals surface area contributed by atoms with Gasteiger partial charge in [-0.2, -0.15) is 0 Å². The van der Waals surface area contributed by atoms with E-state index in [-0.39, 0.29) is 29.9 Å². The Bertz CT molecular complexity index is 566. The third-order valence-corrected chi connectivity index (χ3v) is 2.34. The lowest BCUT2D eigenvalue weighted by atomic mass is 10.1. The van der Waals surface area contributed by atoms with Crippen LogP contribution in [0, 0.1) is 0 Å². The van der Waals surface area contributed by atoms with Gasteiger partial charge in [-0.15, -0.1) is 0 Å². The number of benzene rings is 1. The molecule has 6 N–H and O–H groups in total. The van der Waals surface area contributed by atoms with Crippen molar-refractivity contribution in [3.05, 3.63) is 29.3 Å². The molecule has 2 amide bonds. The zero-order chi connectivity index (χ0) is 16.0. The molecule has 0 bridgehead atoms. The van der Waals surface area contributed by atoms with E-state index in [2.05, 4.69) is 10.6 Å². The number of carboxylic acids is 2. The van der Waals surface area contributed by atoms with Crippen LogP contribution >= 0.6 is 0 Å². The van der Waals surface area contributed by atoms with Crippen LogP contribution in [0.25, 0.3) is 0 Å². The minimum absolute atomic E-state index is 0.000651. The first kappa shape index (κ1) is 16.1. The van der Waals surface area contributed by atoms with Crippen LogP contribution in [-0.4, -0.2) is 47.1 Å². The van der Waals surface area contributed by atoms with Crippen molar-refractivity contribution in [3.63, 3.8) is 0 Å². The molecule has 0 aliphatic rings. The molecule has 9 nitrogen and oxygen atoms in total. The van der Waals surface area contributed by atoms with Crippen molar-refractivity contribution in [3.8, 4) is 0 Å². The van der Waals surface area contributed by atoms with Gasteiger partial charge in [-0.1, -0.05) is 0 Å². The molecule has 0 aliphatic heterocycles. The van der Waals surface area contributed by atoms with Gasteiger partial charge in [0.15, 0.2) is 0 Å². The molecular formula is C12H13N3O6. The van der Waals surface area contributed by atoms with Crippen LogP contribution in [0.15, 0.2) is 18.2 Å². The van der Waals surface area contributed by atoms with Gasteiger partial charge >= 0.3 is 11.9 Å². The molecule has 21 heavy (non-hydrogen) atoms. The number of nitrogens with two attached hydrogens (primary N) is 1. The normalized spacial score (nSPS) is 9.76. The van der Waals surface area contributed by atoms with Gasteiger partial charge in [-0.3, -0.25) is 9.59 Å². The van der Waals surface area contributed by atoms with Gasteiger partial charge in [0.25, 0.3) is 0 Å². The Kier molecular flexibility index (Phi) is 5.38. The van der Waals surface area contributed by atoms with Crippen LogP contribution in [0.1, 0.15) is 20.7 Å². The molecule has 0 radical (unpaired) electrons. The molecule has 1 aromatic rings. The first-order chi connectivity index (χ1) is 9.83. The van der Waals surface area contributed by atoms with E-state index in [9.17, 15) is 19.2 Å². The second-order valence-electron chi connectivity index (χ2n) is 3.94. The SMILES string of the molecule is NCC(=O)NCC(=O)Nc1cc(C(=O)O)cc(C(=O)O)c1. The summed E-state index contributed by atoms with van der Waals surface area (Å²) >= 11 is 0. The topological polar surface area (TPSA) is 159 Å². The lowest BCUT2D eigenvalue weighted by molar-refractivity contribution is -0.123. The zero-order valence-corrected chi connectivity index (χ0v) is 10.8. The fourth-order valence-corrected chi connectivity index (χ4v) is 1.40. The Morgan fingerprint density at radius 1 is 0.952 bits per heavy atom. The Hall–Kier alpha value is -2.94. The van der Waals surface area contributed by atoms with E-state index in [0.717, 1.165) is 18.2 Å². The lowest BCUT2D eigenvalue weighted by Gasteiger charge is -2.08. The third-order valence-electron chi connectivity index (χ3n) is 2.34. The van der Waals surface area contributed by atoms with Crippen molar-refractivity contribution < 1.29 is 29.4 Å². The summed E-state index contributed by atoms with van der Waals surface area (Å²) in [5.74, 6) is -3.83. The summed E-state index contributed by atoms with van der Waals surface area (Å²) in [6.07, 6.45) is 0. The van der Waals surface area contributed by atoms with Gasteiger partial charge in [0.05, 0.1) is 24.2 Å². The standard InChI is InChI=1S/C12H13N3O6/c13-4-9(16)14-5-10(17)15-8-2-6(11(18)19)1-7(3-8)12(20)21/h1-3H,4-5,13H2,(H,14,16)(H,15,17)(H,18,19)(H,20,21). The van der Waals surface area contributed by atoms with E-state index >= 15 is 0 Å². The highest BCUT2D eigenvalue weighted by molar-refractivity contribution is 5.99. The lowest BCUT2D eigenvalue weighted by Crippen LogP contribution is -2.36. The van der Waals surface area contributed by atoms with Gasteiger partial charge in [0, 0.05) is 5.69 Å². The van der Waals surface area contributed by atoms with E-state index in [1.165, 1.54) is 0 Å². The molecule has 1 rings (SSSR count). The second kappa shape index (κ2) is 7.01. The zero-order valence-electron chi connectivity index (χ0n) is 10.8. The van der Waals surface area contributed by atoms with Crippen molar-refractivity contribution in [1.82, 2.24) is 5.32 Å². The van der Waals surface area contributed by atoms with Crippen LogP contribution in [0.2, 0.25) is 0 Å². The Labute approximate surface area is 118 Å². The fourth-order valence-electron chi connectivity index (χ4n) is 1.40. The predicted octanol–water partition coefficient (Wildman–Crippen LogP) is -0.904. The van der Waals surface area contributed by atoms with Gasteiger partial charge < -0.3 is 26.6 Å². The number of amides is 2. The molecule has 0 unspecified atom stereocenters. The Morgan fingerprint density at radius 2 is 1.48 bits per heavy atom. The minimum Gasteiger partial charge on any atom is -0.478 e. The first-order valence-corrected chi connectivity index (χ1v) is 5.71. The first-order valence-electron chi connectivity index (χ1n) is 5.71. The molecule has 0 saturated heterocycles. The molecule has 0 fully saturated rings. The van der Waals surface area contributed by atoms with Crippen LogP contribution < -0.4 is 16.4 Å². The van der Waals surface area contributed by atoms with Gasteiger partial charge in [-0.25, -0.2) is 9.59 Å². The number of carbonyl (C=O) groups excluding carboxylic acids is 2. The number of hydrogen-bond acceptors (Lipinski definition) is 5. The fraction of sp³-hybridized carbons (Fsp3) is 0.167. The summed E-state index contributed by atoms with van der Waals surface area (Å²) < 4.78 is 0. The molecule has 0 saturated carbocycles. The summed E-state index contributed by atoms with van der Waals surface area (Å²) in [6, 6.07) is 3.19. The predicted molar refractivity (Wildman–Crippen MR) is 71.1 cm³/mol. The van der Waals surface area contributed by atoms with Crippen LogP contribution in [0.4, 0.5) is 5.69 Å². The number of rotatable bonds is 6. The number of nitrogens with one attached hydrogen (secondary N) is 2. The maximum Gasteiger partial charge on any atom is 0.335 e. The molecule has 9 heteroatoms. The molecule has 0 spiro atoms. The van der Waals surface area contributed by atoms with Crippen LogP contribution in [0.5, 0.6) is 0 Å². The maximum absolute atomic E-state index is 11.5. The third kappa shape index (κ3) is 4.91. The molecular weight excluding hydrogens is 282 g/mol. The van der Waals surface area contributed by atoms with E-state index in [1.54, 1.807) is 0 Å². The van der Waals surface area contributed by atoms with Crippen LogP contribution in [0.3, 0.4) is 0 Å². The van der Waals surface area contributed by atoms with Gasteiger partial charge in [0.1, 0.15) is 0 Å². The summed E-state index contributed by atoms with van der Waals surface area (Å²) in [5.41, 5.74) is 4.48. The number of aromatic carboxylic acids is 2. The van der Waals surface area contributed by atoms with E-state index in [4.69, 9.17) is 15.9 Å². The monoisotopic (exact) mass is 295 g/mol. The number of carboxylic acid groups (broad SMARTS) is 2. The summed E-state index contributed by atoms with van der Waals surface area (Å²) in [6.45, 7) is -0.638. The van der Waals surface area contributed by atoms with Crippen molar-refractivity contribution >= 4 is 29.4 Å². The highest BCUT2D eigenvalue weighted by Gasteiger charge is 2.13. The van der Waals surface area contributed by atoms with Crippen LogP contribution in [-0.2, 0) is 9.59 Å². The Morgan fingerprint density at radius 3 is 1.90 bits per heavy atom. The minimum atomic E-state index is -1.33. The summed E-state index contributed by atoms with van der Waals surface area (Å²) in [7, 11) is 0. The highest BCUT2D eigenvalue weighted by Crippen LogP contribution is 2.15. The van der Waals surface area contributed by atoms with E-state index in [1.807, 2.05) is 0 Å². The van der Waals surface area contributed by atoms with Crippen molar-refractivity contribution in [2.24, 2.45) is 5.73 Å². The molecule has 1 aromatic carbocycles. The average molecular weight is 295 g/mol. The number of carbonyl (C=O) groups is 4. The maximum atomic E-state index is 11.5. The quantitative estimate of drug-likeness (QED) is 0.454. The molecule has 0 atom stereocenters. The van der Waals surface area contributed by atoms with Crippen molar-refractivity contribution in [2.75, 3.05) is 18.4 Å². The van der Waals surface area contributed by atoms with Crippen molar-refractivity contribution in [1.29, 1.82) is 0 Å². The highest BCUT2D eigenvalue weighted by atomic mass is 16.4. The van der Waals surface area contributed by atoms with E-state index in [0.29, 0.717) is 0 Å². The number of hydrogen-bond donors (Lipinski definition) is 5.